The van der Waals surface area contributed by atoms with E-state index in [1.807, 2.05) is 18.2 Å². The monoisotopic (exact) mass is 334 g/mol. The number of rotatable bonds is 8. The van der Waals surface area contributed by atoms with Gasteiger partial charge >= 0.3 is 0 Å². The Hall–Kier alpha value is -1.46. The van der Waals surface area contributed by atoms with Gasteiger partial charge in [-0.15, -0.1) is 6.58 Å². The number of carbonyl (C=O) groups is 1. The predicted molar refractivity (Wildman–Crippen MR) is 98.9 cm³/mol. The van der Waals surface area contributed by atoms with E-state index in [4.69, 9.17) is 4.74 Å². The third-order valence-electron chi connectivity index (χ3n) is 4.04. The van der Waals surface area contributed by atoms with Gasteiger partial charge in [-0.1, -0.05) is 18.7 Å². The van der Waals surface area contributed by atoms with Crippen molar-refractivity contribution in [3.05, 3.63) is 36.4 Å². The summed E-state index contributed by atoms with van der Waals surface area (Å²) in [6.07, 6.45) is 6.01. The molecular weight excluding hydrogens is 308 g/mol. The number of thiol groups is 1. The maximum atomic E-state index is 11.5. The van der Waals surface area contributed by atoms with Crippen molar-refractivity contribution in [2.75, 3.05) is 38.2 Å². The molecule has 0 saturated heterocycles. The van der Waals surface area contributed by atoms with Crippen LogP contribution in [0, 0.1) is 0 Å². The molecule has 23 heavy (non-hydrogen) atoms. The molecule has 1 heterocycles. The van der Waals surface area contributed by atoms with Gasteiger partial charge in [-0.25, -0.2) is 0 Å². The zero-order chi connectivity index (χ0) is 16.7. The SMILES string of the molecule is C=CCN(C)CCCCOc1ccc2c(c1)CCCN2C(=O)S. The Morgan fingerprint density at radius 3 is 3.04 bits per heavy atom. The fourth-order valence-electron chi connectivity index (χ4n) is 2.85. The number of nitrogens with zero attached hydrogens (tertiary/aromatic N) is 2. The van der Waals surface area contributed by atoms with Crippen molar-refractivity contribution in [1.29, 1.82) is 0 Å². The van der Waals surface area contributed by atoms with E-state index in [-0.39, 0.29) is 5.24 Å². The number of aryl methyl sites for hydroxylation is 1. The van der Waals surface area contributed by atoms with E-state index in [1.165, 1.54) is 5.56 Å². The van der Waals surface area contributed by atoms with E-state index >= 15 is 0 Å². The van der Waals surface area contributed by atoms with E-state index in [0.29, 0.717) is 0 Å². The van der Waals surface area contributed by atoms with Gasteiger partial charge in [-0.3, -0.25) is 4.79 Å². The van der Waals surface area contributed by atoms with Crippen molar-refractivity contribution in [1.82, 2.24) is 4.90 Å². The second-order valence-electron chi connectivity index (χ2n) is 5.93. The molecular formula is C18H26N2O2S. The van der Waals surface area contributed by atoms with E-state index < -0.39 is 0 Å². The first-order chi connectivity index (χ1) is 11.1. The van der Waals surface area contributed by atoms with Crippen LogP contribution in [0.4, 0.5) is 10.5 Å². The number of hydrogen-bond donors (Lipinski definition) is 1. The van der Waals surface area contributed by atoms with Crippen LogP contribution in [0.3, 0.4) is 0 Å². The van der Waals surface area contributed by atoms with Crippen molar-refractivity contribution in [2.24, 2.45) is 0 Å². The number of anilines is 1. The quantitative estimate of drug-likeness (QED) is 0.446. The molecule has 0 atom stereocenters. The minimum Gasteiger partial charge on any atom is -0.494 e. The highest BCUT2D eigenvalue weighted by Crippen LogP contribution is 2.31. The largest absolute Gasteiger partial charge is 0.494 e. The number of benzene rings is 1. The Kier molecular flexibility index (Phi) is 6.99. The van der Waals surface area contributed by atoms with Crippen molar-refractivity contribution in [3.63, 3.8) is 0 Å². The van der Waals surface area contributed by atoms with Gasteiger partial charge in [0, 0.05) is 18.8 Å². The van der Waals surface area contributed by atoms with E-state index in [2.05, 4.69) is 37.2 Å². The summed E-state index contributed by atoms with van der Waals surface area (Å²) in [4.78, 5) is 15.5. The van der Waals surface area contributed by atoms with Crippen LogP contribution in [-0.4, -0.2) is 43.4 Å². The highest BCUT2D eigenvalue weighted by atomic mass is 32.1. The fraction of sp³-hybridized carbons (Fsp3) is 0.500. The number of likely N-dealkylation sites (N-methyl/N-ethyl adjacent to an activating group) is 1. The van der Waals surface area contributed by atoms with Gasteiger partial charge in [0.15, 0.2) is 0 Å². The number of hydrogen-bond acceptors (Lipinski definition) is 3. The number of amides is 1. The molecule has 0 bridgehead atoms. The average molecular weight is 334 g/mol. The average Bonchev–Trinajstić information content (AvgIpc) is 2.54. The lowest BCUT2D eigenvalue weighted by Crippen LogP contribution is -2.31. The molecule has 0 radical (unpaired) electrons. The lowest BCUT2D eigenvalue weighted by Gasteiger charge is -2.28. The maximum absolute atomic E-state index is 11.5. The first-order valence-electron chi connectivity index (χ1n) is 8.17. The van der Waals surface area contributed by atoms with Crippen LogP contribution in [0.5, 0.6) is 5.75 Å². The summed E-state index contributed by atoms with van der Waals surface area (Å²) in [5, 5.41) is -0.191. The normalized spacial score (nSPS) is 13.8. The van der Waals surface area contributed by atoms with Crippen molar-refractivity contribution in [3.8, 4) is 5.75 Å². The molecule has 0 N–H and O–H groups in total. The standard InChI is InChI=1S/C18H26N2O2S/c1-3-10-19(2)11-4-5-13-22-16-8-9-17-15(14-16)7-6-12-20(17)18(21)23/h3,8-9,14H,1,4-7,10-13H2,2H3,(H,21,23). The molecule has 0 fully saturated rings. The van der Waals surface area contributed by atoms with Crippen LogP contribution in [0.15, 0.2) is 30.9 Å². The predicted octanol–water partition coefficient (Wildman–Crippen LogP) is 3.77. The number of fused-ring (bicyclic) bond motifs is 1. The highest BCUT2D eigenvalue weighted by molar-refractivity contribution is 7.96. The van der Waals surface area contributed by atoms with Crippen LogP contribution in [0.25, 0.3) is 0 Å². The van der Waals surface area contributed by atoms with Crippen LogP contribution in [-0.2, 0) is 6.42 Å². The van der Waals surface area contributed by atoms with Gasteiger partial charge in [0.25, 0.3) is 5.24 Å². The lowest BCUT2D eigenvalue weighted by molar-refractivity contribution is 0.265. The van der Waals surface area contributed by atoms with Gasteiger partial charge in [0.1, 0.15) is 5.75 Å². The molecule has 0 saturated carbocycles. The molecule has 1 aromatic carbocycles. The molecule has 0 aromatic heterocycles. The molecule has 1 amide bonds. The molecule has 2 rings (SSSR count). The molecule has 0 unspecified atom stereocenters. The van der Waals surface area contributed by atoms with Gasteiger partial charge in [-0.05, 0) is 63.0 Å². The molecule has 1 aliphatic heterocycles. The summed E-state index contributed by atoms with van der Waals surface area (Å²) in [6.45, 7) is 7.18. The minimum atomic E-state index is -0.191. The highest BCUT2D eigenvalue weighted by Gasteiger charge is 2.20. The number of unbranched alkanes of at least 4 members (excludes halogenated alkanes) is 1. The molecule has 5 heteroatoms. The molecule has 0 spiro atoms. The van der Waals surface area contributed by atoms with Crippen LogP contribution in [0.2, 0.25) is 0 Å². The second-order valence-corrected chi connectivity index (χ2v) is 6.32. The topological polar surface area (TPSA) is 32.8 Å². The third-order valence-corrected chi connectivity index (χ3v) is 4.29. The van der Waals surface area contributed by atoms with Crippen molar-refractivity contribution < 1.29 is 9.53 Å². The minimum absolute atomic E-state index is 0.191. The number of carbonyl (C=O) groups excluding carboxylic acids is 1. The Morgan fingerprint density at radius 1 is 1.48 bits per heavy atom. The lowest BCUT2D eigenvalue weighted by atomic mass is 10.0. The van der Waals surface area contributed by atoms with Gasteiger partial charge in [0.2, 0.25) is 0 Å². The van der Waals surface area contributed by atoms with Gasteiger partial charge in [0.05, 0.1) is 6.61 Å². The van der Waals surface area contributed by atoms with Gasteiger partial charge in [-0.2, -0.15) is 0 Å². The fourth-order valence-corrected chi connectivity index (χ4v) is 3.06. The molecule has 126 valence electrons. The molecule has 1 aromatic rings. The van der Waals surface area contributed by atoms with E-state index in [9.17, 15) is 4.79 Å². The summed E-state index contributed by atoms with van der Waals surface area (Å²) < 4.78 is 5.85. The first-order valence-corrected chi connectivity index (χ1v) is 8.62. The summed E-state index contributed by atoms with van der Waals surface area (Å²) in [5.41, 5.74) is 2.14. The van der Waals surface area contributed by atoms with Crippen molar-refractivity contribution >= 4 is 23.6 Å². The zero-order valence-corrected chi connectivity index (χ0v) is 14.7. The summed E-state index contributed by atoms with van der Waals surface area (Å²) in [6, 6.07) is 5.97. The maximum Gasteiger partial charge on any atom is 0.282 e. The summed E-state index contributed by atoms with van der Waals surface area (Å²) in [7, 11) is 2.10. The zero-order valence-electron chi connectivity index (χ0n) is 13.8. The van der Waals surface area contributed by atoms with Crippen LogP contribution < -0.4 is 9.64 Å². The smallest absolute Gasteiger partial charge is 0.282 e. The van der Waals surface area contributed by atoms with Crippen molar-refractivity contribution in [2.45, 2.75) is 25.7 Å². The number of ether oxygens (including phenoxy) is 1. The van der Waals surface area contributed by atoms with E-state index in [0.717, 1.165) is 63.4 Å². The summed E-state index contributed by atoms with van der Waals surface area (Å²) >= 11 is 3.95. The van der Waals surface area contributed by atoms with Gasteiger partial charge < -0.3 is 14.5 Å². The van der Waals surface area contributed by atoms with Crippen LogP contribution >= 0.6 is 12.6 Å². The van der Waals surface area contributed by atoms with E-state index in [1.54, 1.807) is 4.90 Å². The molecule has 0 aliphatic carbocycles. The Labute approximate surface area is 144 Å². The Balaban J connectivity index is 1.81. The van der Waals surface area contributed by atoms with Crippen LogP contribution in [0.1, 0.15) is 24.8 Å². The first kappa shape index (κ1) is 17.9. The molecule has 4 nitrogen and oxygen atoms in total. The Bertz CT molecular complexity index is 548. The third kappa shape index (κ3) is 5.29. The second kappa shape index (κ2) is 8.99. The summed E-state index contributed by atoms with van der Waals surface area (Å²) in [5.74, 6) is 0.886. The molecule has 1 aliphatic rings. The Morgan fingerprint density at radius 2 is 2.30 bits per heavy atom.